The van der Waals surface area contributed by atoms with Crippen LogP contribution in [0.15, 0.2) is 18.3 Å². The molecule has 0 unspecified atom stereocenters. The normalized spacial score (nSPS) is 14.3. The van der Waals surface area contributed by atoms with E-state index in [2.05, 4.69) is 15.0 Å². The summed E-state index contributed by atoms with van der Waals surface area (Å²) in [7, 11) is 0. The number of nitrogens with zero attached hydrogens (tertiary/aromatic N) is 3. The van der Waals surface area contributed by atoms with Crippen molar-refractivity contribution in [2.75, 3.05) is 5.73 Å². The number of hydrogen-bond acceptors (Lipinski definition) is 4. The van der Waals surface area contributed by atoms with Gasteiger partial charge in [-0.05, 0) is 37.8 Å². The topological polar surface area (TPSA) is 64.7 Å². The molecule has 92 valence electrons. The highest BCUT2D eigenvalue weighted by Gasteiger charge is 2.17. The molecule has 0 saturated heterocycles. The molecule has 0 aromatic carbocycles. The summed E-state index contributed by atoms with van der Waals surface area (Å²) in [5.41, 5.74) is 8.58. The molecule has 2 N–H and O–H groups in total. The number of hydrogen-bond donors (Lipinski definition) is 1. The molecule has 1 aliphatic carbocycles. The smallest absolute Gasteiger partial charge is 0.180 e. The second-order valence-corrected chi connectivity index (χ2v) is 4.43. The number of aromatic nitrogens is 3. The maximum atomic E-state index is 12.8. The third kappa shape index (κ3) is 1.92. The van der Waals surface area contributed by atoms with Crippen LogP contribution < -0.4 is 5.73 Å². The molecule has 0 spiro atoms. The lowest BCUT2D eigenvalue weighted by atomic mass is 9.96. The fourth-order valence-corrected chi connectivity index (χ4v) is 2.25. The summed E-state index contributed by atoms with van der Waals surface area (Å²) in [5, 5.41) is 0. The minimum atomic E-state index is -0.371. The molecular formula is C13H13FN4. The molecule has 0 atom stereocenters. The predicted octanol–water partition coefficient (Wildman–Crippen LogP) is 2.14. The molecule has 2 heterocycles. The Morgan fingerprint density at radius 3 is 2.72 bits per heavy atom. The first-order valence-corrected chi connectivity index (χ1v) is 6.01. The summed E-state index contributed by atoms with van der Waals surface area (Å²) in [6.45, 7) is 0. The molecule has 0 fully saturated rings. The number of nitrogens with two attached hydrogens (primary N) is 1. The highest BCUT2D eigenvalue weighted by Crippen LogP contribution is 2.26. The number of anilines is 1. The second kappa shape index (κ2) is 4.33. The van der Waals surface area contributed by atoms with Crippen LogP contribution in [0.5, 0.6) is 0 Å². The van der Waals surface area contributed by atoms with Crippen LogP contribution in [-0.2, 0) is 12.8 Å². The molecule has 5 heteroatoms. The summed E-state index contributed by atoms with van der Waals surface area (Å²) in [4.78, 5) is 12.7. The van der Waals surface area contributed by atoms with Crippen molar-refractivity contribution in [3.05, 3.63) is 35.4 Å². The van der Waals surface area contributed by atoms with Crippen molar-refractivity contribution in [3.8, 4) is 11.5 Å². The lowest BCUT2D eigenvalue weighted by Gasteiger charge is -2.16. The van der Waals surface area contributed by atoms with Crippen LogP contribution in [-0.4, -0.2) is 15.0 Å². The molecule has 3 rings (SSSR count). The van der Waals surface area contributed by atoms with Gasteiger partial charge in [-0.15, -0.1) is 0 Å². The zero-order valence-electron chi connectivity index (χ0n) is 9.86. The Hall–Kier alpha value is -2.04. The van der Waals surface area contributed by atoms with Crippen LogP contribution in [0.1, 0.15) is 24.1 Å². The first-order valence-electron chi connectivity index (χ1n) is 6.01. The number of pyridine rings is 1. The van der Waals surface area contributed by atoms with Gasteiger partial charge in [-0.2, -0.15) is 0 Å². The largest absolute Gasteiger partial charge is 0.383 e. The molecule has 4 nitrogen and oxygen atoms in total. The lowest BCUT2D eigenvalue weighted by Crippen LogP contribution is -2.12. The van der Waals surface area contributed by atoms with Crippen molar-refractivity contribution in [1.82, 2.24) is 15.0 Å². The Kier molecular flexibility index (Phi) is 2.66. The SMILES string of the molecule is Nc1nc(-c2ccc(F)cn2)nc2c1CCCC2. The number of rotatable bonds is 1. The lowest BCUT2D eigenvalue weighted by molar-refractivity contribution is 0.621. The first kappa shape index (κ1) is 11.1. The van der Waals surface area contributed by atoms with Crippen LogP contribution in [0.2, 0.25) is 0 Å². The van der Waals surface area contributed by atoms with E-state index in [0.29, 0.717) is 17.3 Å². The number of fused-ring (bicyclic) bond motifs is 1. The molecule has 0 radical (unpaired) electrons. The van der Waals surface area contributed by atoms with E-state index < -0.39 is 0 Å². The second-order valence-electron chi connectivity index (χ2n) is 4.43. The highest BCUT2D eigenvalue weighted by molar-refractivity contribution is 5.55. The molecule has 2 aromatic rings. The number of aryl methyl sites for hydroxylation is 1. The van der Waals surface area contributed by atoms with Crippen molar-refractivity contribution in [3.63, 3.8) is 0 Å². The summed E-state index contributed by atoms with van der Waals surface area (Å²) in [6.07, 6.45) is 5.29. The van der Waals surface area contributed by atoms with Gasteiger partial charge in [0.25, 0.3) is 0 Å². The van der Waals surface area contributed by atoms with E-state index in [1.165, 1.54) is 6.07 Å². The first-order chi connectivity index (χ1) is 8.74. The van der Waals surface area contributed by atoms with Crippen LogP contribution in [0.25, 0.3) is 11.5 Å². The zero-order valence-corrected chi connectivity index (χ0v) is 9.86. The molecule has 0 aliphatic heterocycles. The molecule has 0 saturated carbocycles. The number of halogens is 1. The van der Waals surface area contributed by atoms with Gasteiger partial charge in [0.05, 0.1) is 6.20 Å². The molecule has 0 amide bonds. The molecular weight excluding hydrogens is 231 g/mol. The van der Waals surface area contributed by atoms with E-state index in [9.17, 15) is 4.39 Å². The van der Waals surface area contributed by atoms with Gasteiger partial charge >= 0.3 is 0 Å². The van der Waals surface area contributed by atoms with Gasteiger partial charge in [0.15, 0.2) is 5.82 Å². The van der Waals surface area contributed by atoms with E-state index >= 15 is 0 Å². The quantitative estimate of drug-likeness (QED) is 0.834. The van der Waals surface area contributed by atoms with Gasteiger partial charge in [0, 0.05) is 11.3 Å². The molecule has 1 aliphatic rings. The van der Waals surface area contributed by atoms with Gasteiger partial charge in [0.1, 0.15) is 17.3 Å². The standard InChI is InChI=1S/C13H13FN4/c14-8-5-6-11(16-7-8)13-17-10-4-2-1-3-9(10)12(15)18-13/h5-7H,1-4H2,(H2,15,17,18). The van der Waals surface area contributed by atoms with E-state index in [0.717, 1.165) is 43.1 Å². The Morgan fingerprint density at radius 1 is 1.11 bits per heavy atom. The van der Waals surface area contributed by atoms with E-state index in [-0.39, 0.29) is 5.82 Å². The van der Waals surface area contributed by atoms with Gasteiger partial charge in [0.2, 0.25) is 0 Å². The molecule has 18 heavy (non-hydrogen) atoms. The Morgan fingerprint density at radius 2 is 1.94 bits per heavy atom. The Bertz CT molecular complexity index is 580. The van der Waals surface area contributed by atoms with Crippen LogP contribution in [0, 0.1) is 5.82 Å². The average molecular weight is 244 g/mol. The number of nitrogen functional groups attached to an aromatic ring is 1. The van der Waals surface area contributed by atoms with Gasteiger partial charge in [-0.25, -0.2) is 19.3 Å². The zero-order chi connectivity index (χ0) is 12.5. The van der Waals surface area contributed by atoms with E-state index in [4.69, 9.17) is 5.73 Å². The van der Waals surface area contributed by atoms with Gasteiger partial charge < -0.3 is 5.73 Å². The molecule has 2 aromatic heterocycles. The fourth-order valence-electron chi connectivity index (χ4n) is 2.25. The van der Waals surface area contributed by atoms with Crippen LogP contribution >= 0.6 is 0 Å². The Labute approximate surface area is 104 Å². The van der Waals surface area contributed by atoms with Crippen LogP contribution in [0.4, 0.5) is 10.2 Å². The fraction of sp³-hybridized carbons (Fsp3) is 0.308. The predicted molar refractivity (Wildman–Crippen MR) is 66.3 cm³/mol. The summed E-state index contributed by atoms with van der Waals surface area (Å²) in [6, 6.07) is 2.92. The van der Waals surface area contributed by atoms with Crippen molar-refractivity contribution < 1.29 is 4.39 Å². The van der Waals surface area contributed by atoms with Crippen molar-refractivity contribution >= 4 is 5.82 Å². The van der Waals surface area contributed by atoms with Crippen molar-refractivity contribution in [1.29, 1.82) is 0 Å². The summed E-state index contributed by atoms with van der Waals surface area (Å²) >= 11 is 0. The minimum Gasteiger partial charge on any atom is -0.383 e. The molecule has 0 bridgehead atoms. The maximum Gasteiger partial charge on any atom is 0.180 e. The third-order valence-electron chi connectivity index (χ3n) is 3.17. The highest BCUT2D eigenvalue weighted by atomic mass is 19.1. The summed E-state index contributed by atoms with van der Waals surface area (Å²) in [5.74, 6) is 0.638. The van der Waals surface area contributed by atoms with Crippen LogP contribution in [0.3, 0.4) is 0 Å². The minimum absolute atomic E-state index is 0.371. The van der Waals surface area contributed by atoms with Crippen molar-refractivity contribution in [2.45, 2.75) is 25.7 Å². The van der Waals surface area contributed by atoms with Gasteiger partial charge in [-0.1, -0.05) is 0 Å². The third-order valence-corrected chi connectivity index (χ3v) is 3.17. The summed E-state index contributed by atoms with van der Waals surface area (Å²) < 4.78 is 12.8. The average Bonchev–Trinajstić information content (AvgIpc) is 2.39. The van der Waals surface area contributed by atoms with Crippen molar-refractivity contribution in [2.24, 2.45) is 0 Å². The maximum absolute atomic E-state index is 12.8. The monoisotopic (exact) mass is 244 g/mol. The van der Waals surface area contributed by atoms with E-state index in [1.54, 1.807) is 6.07 Å². The van der Waals surface area contributed by atoms with Gasteiger partial charge in [-0.3, -0.25) is 0 Å². The Balaban J connectivity index is 2.08. The van der Waals surface area contributed by atoms with E-state index in [1.807, 2.05) is 0 Å².